The third-order valence-corrected chi connectivity index (χ3v) is 3.87. The number of fused-ring (bicyclic) bond motifs is 1. The predicted octanol–water partition coefficient (Wildman–Crippen LogP) is 4.84. The van der Waals surface area contributed by atoms with Crippen LogP contribution in [-0.2, 0) is 7.05 Å². The first-order valence-electron chi connectivity index (χ1n) is 7.96. The summed E-state index contributed by atoms with van der Waals surface area (Å²) in [5, 5.41) is 9.55. The van der Waals surface area contributed by atoms with Crippen LogP contribution in [0.5, 0.6) is 11.5 Å². The maximum absolute atomic E-state index is 12.7. The summed E-state index contributed by atoms with van der Waals surface area (Å²) in [4.78, 5) is 4.39. The van der Waals surface area contributed by atoms with E-state index in [1.54, 1.807) is 23.7 Å². The summed E-state index contributed by atoms with van der Waals surface area (Å²) >= 11 is 0. The number of halogens is 4. The summed E-state index contributed by atoms with van der Waals surface area (Å²) in [6.07, 6.45) is 1.30. The fourth-order valence-electron chi connectivity index (χ4n) is 2.70. The van der Waals surface area contributed by atoms with Crippen LogP contribution in [0, 0.1) is 11.3 Å². The Morgan fingerprint density at radius 1 is 1.11 bits per heavy atom. The van der Waals surface area contributed by atoms with Gasteiger partial charge in [0.25, 0.3) is 0 Å². The summed E-state index contributed by atoms with van der Waals surface area (Å²) < 4.78 is 60.5. The number of rotatable bonds is 6. The first kappa shape index (κ1) is 19.2. The largest absolute Gasteiger partial charge is 0.435 e. The number of ether oxygens (including phenoxy) is 2. The molecule has 0 amide bonds. The molecule has 1 heterocycles. The lowest BCUT2D eigenvalue weighted by molar-refractivity contribution is -0.0543. The van der Waals surface area contributed by atoms with Gasteiger partial charge >= 0.3 is 13.2 Å². The zero-order valence-electron chi connectivity index (χ0n) is 14.4. The molecule has 144 valence electrons. The number of allylic oxidation sites excluding steroid dienone is 1. The second-order valence-electron chi connectivity index (χ2n) is 5.61. The molecule has 9 heteroatoms. The van der Waals surface area contributed by atoms with E-state index in [9.17, 15) is 22.8 Å². The molecule has 0 N–H and O–H groups in total. The van der Waals surface area contributed by atoms with Gasteiger partial charge in [-0.2, -0.15) is 22.8 Å². The standard InChI is InChI=1S/C19H13F4N3O2/c1-26-15-5-3-2-4-14(15)25-17(26)12(10-24)8-11-6-7-13(27-18(20)21)9-16(11)28-19(22)23/h2-9,18-19H,1H3/b12-8-. The second-order valence-corrected chi connectivity index (χ2v) is 5.61. The molecule has 0 unspecified atom stereocenters. The van der Waals surface area contributed by atoms with E-state index < -0.39 is 19.0 Å². The van der Waals surface area contributed by atoms with Gasteiger partial charge in [0.1, 0.15) is 17.6 Å². The van der Waals surface area contributed by atoms with Gasteiger partial charge in [0.15, 0.2) is 5.82 Å². The number of benzene rings is 2. The summed E-state index contributed by atoms with van der Waals surface area (Å²) in [6, 6.07) is 12.5. The molecule has 2 aromatic carbocycles. The van der Waals surface area contributed by atoms with Crippen LogP contribution in [0.2, 0.25) is 0 Å². The molecule has 0 fully saturated rings. The first-order valence-corrected chi connectivity index (χ1v) is 7.96. The van der Waals surface area contributed by atoms with Gasteiger partial charge < -0.3 is 14.0 Å². The van der Waals surface area contributed by atoms with Crippen molar-refractivity contribution in [2.75, 3.05) is 0 Å². The fourth-order valence-corrected chi connectivity index (χ4v) is 2.70. The topological polar surface area (TPSA) is 60.1 Å². The highest BCUT2D eigenvalue weighted by atomic mass is 19.3. The molecule has 28 heavy (non-hydrogen) atoms. The molecule has 0 saturated carbocycles. The highest BCUT2D eigenvalue weighted by Crippen LogP contribution is 2.31. The van der Waals surface area contributed by atoms with E-state index in [2.05, 4.69) is 14.5 Å². The summed E-state index contributed by atoms with van der Waals surface area (Å²) in [5.74, 6) is -0.427. The zero-order chi connectivity index (χ0) is 20.3. The molecular formula is C19H13F4N3O2. The van der Waals surface area contributed by atoms with Crippen molar-refractivity contribution in [3.63, 3.8) is 0 Å². The number of hydrogen-bond donors (Lipinski definition) is 0. The average Bonchev–Trinajstić information content (AvgIpc) is 2.97. The minimum Gasteiger partial charge on any atom is -0.435 e. The van der Waals surface area contributed by atoms with E-state index in [1.165, 1.54) is 18.2 Å². The Bertz CT molecular complexity index is 1070. The molecule has 3 aromatic rings. The number of para-hydroxylation sites is 2. The Kier molecular flexibility index (Phi) is 5.49. The molecule has 0 spiro atoms. The Morgan fingerprint density at radius 3 is 2.46 bits per heavy atom. The maximum atomic E-state index is 12.7. The lowest BCUT2D eigenvalue weighted by atomic mass is 10.1. The van der Waals surface area contributed by atoms with Gasteiger partial charge in [-0.05, 0) is 30.3 Å². The zero-order valence-corrected chi connectivity index (χ0v) is 14.4. The van der Waals surface area contributed by atoms with Gasteiger partial charge in [-0.25, -0.2) is 4.98 Å². The monoisotopic (exact) mass is 391 g/mol. The number of hydrogen-bond acceptors (Lipinski definition) is 4. The van der Waals surface area contributed by atoms with Crippen molar-refractivity contribution in [1.82, 2.24) is 9.55 Å². The average molecular weight is 391 g/mol. The lowest BCUT2D eigenvalue weighted by Crippen LogP contribution is -2.06. The van der Waals surface area contributed by atoms with Crippen molar-refractivity contribution < 1.29 is 27.0 Å². The SMILES string of the molecule is Cn1c(/C(C#N)=C\c2ccc(OC(F)F)cc2OC(F)F)nc2ccccc21. The minimum absolute atomic E-state index is 0.0837. The minimum atomic E-state index is -3.18. The second kappa shape index (κ2) is 8.00. The van der Waals surface area contributed by atoms with Crippen molar-refractivity contribution in [3.05, 3.63) is 53.9 Å². The van der Waals surface area contributed by atoms with Crippen molar-refractivity contribution in [3.8, 4) is 17.6 Å². The third kappa shape index (κ3) is 4.06. The fraction of sp³-hybridized carbons (Fsp3) is 0.158. The molecule has 0 aliphatic carbocycles. The molecule has 0 aliphatic heterocycles. The van der Waals surface area contributed by atoms with Crippen molar-refractivity contribution in [2.45, 2.75) is 13.2 Å². The highest BCUT2D eigenvalue weighted by molar-refractivity contribution is 5.91. The molecule has 1 aromatic heterocycles. The van der Waals surface area contributed by atoms with E-state index >= 15 is 0 Å². The van der Waals surface area contributed by atoms with E-state index in [-0.39, 0.29) is 16.9 Å². The van der Waals surface area contributed by atoms with Crippen LogP contribution in [0.15, 0.2) is 42.5 Å². The first-order chi connectivity index (χ1) is 13.4. The van der Waals surface area contributed by atoms with Crippen molar-refractivity contribution in [2.24, 2.45) is 7.05 Å². The smallest absolute Gasteiger partial charge is 0.387 e. The van der Waals surface area contributed by atoms with Crippen LogP contribution in [-0.4, -0.2) is 22.8 Å². The number of nitriles is 1. The van der Waals surface area contributed by atoms with E-state index in [0.29, 0.717) is 11.3 Å². The summed E-state index contributed by atoms with van der Waals surface area (Å²) in [6.45, 7) is -6.30. The molecular weight excluding hydrogens is 378 g/mol. The van der Waals surface area contributed by atoms with Crippen LogP contribution in [0.25, 0.3) is 22.7 Å². The normalized spacial score (nSPS) is 11.9. The molecule has 3 rings (SSSR count). The van der Waals surface area contributed by atoms with Gasteiger partial charge in [-0.15, -0.1) is 0 Å². The number of imidazole rings is 1. The van der Waals surface area contributed by atoms with Crippen molar-refractivity contribution in [1.29, 1.82) is 5.26 Å². The van der Waals surface area contributed by atoms with Crippen LogP contribution < -0.4 is 9.47 Å². The lowest BCUT2D eigenvalue weighted by Gasteiger charge is -2.11. The Labute approximate surface area is 157 Å². The van der Waals surface area contributed by atoms with Crippen molar-refractivity contribution >= 4 is 22.7 Å². The van der Waals surface area contributed by atoms with Gasteiger partial charge in [-0.3, -0.25) is 0 Å². The highest BCUT2D eigenvalue weighted by Gasteiger charge is 2.16. The van der Waals surface area contributed by atoms with Crippen LogP contribution in [0.3, 0.4) is 0 Å². The van der Waals surface area contributed by atoms with Crippen LogP contribution >= 0.6 is 0 Å². The van der Waals surface area contributed by atoms with Crippen LogP contribution in [0.1, 0.15) is 11.4 Å². The third-order valence-electron chi connectivity index (χ3n) is 3.87. The summed E-state index contributed by atoms with van der Waals surface area (Å²) in [5.41, 5.74) is 1.61. The number of nitrogens with zero attached hydrogens (tertiary/aromatic N) is 3. The molecule has 0 aliphatic rings. The summed E-state index contributed by atoms with van der Waals surface area (Å²) in [7, 11) is 1.71. The molecule has 0 atom stereocenters. The van der Waals surface area contributed by atoms with Crippen LogP contribution in [0.4, 0.5) is 17.6 Å². The van der Waals surface area contributed by atoms with Gasteiger partial charge in [0.2, 0.25) is 0 Å². The Balaban J connectivity index is 2.08. The van der Waals surface area contributed by atoms with E-state index in [1.807, 2.05) is 18.2 Å². The van der Waals surface area contributed by atoms with E-state index in [0.717, 1.165) is 11.6 Å². The molecule has 0 radical (unpaired) electrons. The Hall–Kier alpha value is -3.54. The maximum Gasteiger partial charge on any atom is 0.387 e. The quantitative estimate of drug-likeness (QED) is 0.446. The van der Waals surface area contributed by atoms with Gasteiger partial charge in [0.05, 0.1) is 16.6 Å². The molecule has 5 nitrogen and oxygen atoms in total. The van der Waals surface area contributed by atoms with E-state index in [4.69, 9.17) is 0 Å². The number of alkyl halides is 4. The molecule has 0 bridgehead atoms. The number of aryl methyl sites for hydroxylation is 1. The Morgan fingerprint density at radius 2 is 1.82 bits per heavy atom. The van der Waals surface area contributed by atoms with Gasteiger partial charge in [-0.1, -0.05) is 12.1 Å². The molecule has 0 saturated heterocycles. The number of aromatic nitrogens is 2. The predicted molar refractivity (Wildman–Crippen MR) is 93.9 cm³/mol. The van der Waals surface area contributed by atoms with Gasteiger partial charge in [0, 0.05) is 18.7 Å².